The molecule has 0 atom stereocenters. The molecule has 5 heteroatoms. The van der Waals surface area contributed by atoms with E-state index in [9.17, 15) is 9.59 Å². The van der Waals surface area contributed by atoms with Crippen LogP contribution >= 0.6 is 0 Å². The minimum absolute atomic E-state index is 0.168. The maximum Gasteiger partial charge on any atom is 0.352 e. The molecule has 0 aliphatic rings. The normalized spacial score (nSPS) is 11.0. The van der Waals surface area contributed by atoms with Gasteiger partial charge < -0.3 is 10.4 Å². The van der Waals surface area contributed by atoms with Gasteiger partial charge in [-0.2, -0.15) is 0 Å². The van der Waals surface area contributed by atoms with Gasteiger partial charge in [0, 0.05) is 18.8 Å². The van der Waals surface area contributed by atoms with Crippen molar-refractivity contribution in [3.63, 3.8) is 0 Å². The van der Waals surface area contributed by atoms with Gasteiger partial charge in [0.05, 0.1) is 0 Å². The highest BCUT2D eigenvalue weighted by molar-refractivity contribution is 5.96. The van der Waals surface area contributed by atoms with E-state index in [1.54, 1.807) is 18.3 Å². The second-order valence-electron chi connectivity index (χ2n) is 3.28. The second kappa shape index (κ2) is 5.06. The number of aliphatic carboxylic acids is 1. The molecule has 1 rings (SSSR count). The van der Waals surface area contributed by atoms with Crippen molar-refractivity contribution in [2.24, 2.45) is 0 Å². The van der Waals surface area contributed by atoms with Crippen molar-refractivity contribution in [3.8, 4) is 0 Å². The lowest BCUT2D eigenvalue weighted by molar-refractivity contribution is -0.134. The monoisotopic (exact) mass is 220 g/mol. The number of amides is 1. The maximum atomic E-state index is 10.8. The van der Waals surface area contributed by atoms with Gasteiger partial charge in [-0.05, 0) is 24.6 Å². The van der Waals surface area contributed by atoms with E-state index in [0.717, 1.165) is 5.69 Å². The van der Waals surface area contributed by atoms with E-state index in [2.05, 4.69) is 10.3 Å². The number of pyridine rings is 1. The van der Waals surface area contributed by atoms with Crippen LogP contribution in [0.4, 0.5) is 0 Å². The molecule has 2 N–H and O–H groups in total. The van der Waals surface area contributed by atoms with Crippen LogP contribution in [-0.2, 0) is 9.59 Å². The number of carbonyl (C=O) groups is 2. The summed E-state index contributed by atoms with van der Waals surface area (Å²) in [5.41, 5.74) is 1.29. The zero-order chi connectivity index (χ0) is 12.1. The fourth-order valence-electron chi connectivity index (χ4n) is 1.07. The van der Waals surface area contributed by atoms with Gasteiger partial charge in [-0.1, -0.05) is 6.07 Å². The molecule has 0 aliphatic heterocycles. The van der Waals surface area contributed by atoms with E-state index in [1.165, 1.54) is 13.0 Å². The Labute approximate surface area is 92.8 Å². The Morgan fingerprint density at radius 3 is 2.56 bits per heavy atom. The van der Waals surface area contributed by atoms with Gasteiger partial charge in [0.1, 0.15) is 5.70 Å². The van der Waals surface area contributed by atoms with E-state index in [1.807, 2.05) is 6.92 Å². The minimum Gasteiger partial charge on any atom is -0.477 e. The van der Waals surface area contributed by atoms with E-state index < -0.39 is 11.9 Å². The van der Waals surface area contributed by atoms with Crippen molar-refractivity contribution in [3.05, 3.63) is 35.3 Å². The molecule has 1 aromatic rings. The smallest absolute Gasteiger partial charge is 0.352 e. The molecule has 0 aliphatic carbocycles. The van der Waals surface area contributed by atoms with Crippen molar-refractivity contribution >= 4 is 18.0 Å². The molecule has 1 aromatic heterocycles. The summed E-state index contributed by atoms with van der Waals surface area (Å²) in [5, 5.41) is 11.1. The number of aryl methyl sites for hydroxylation is 1. The summed E-state index contributed by atoms with van der Waals surface area (Å²) in [6.45, 7) is 3.09. The first kappa shape index (κ1) is 11.9. The largest absolute Gasteiger partial charge is 0.477 e. The lowest BCUT2D eigenvalue weighted by Gasteiger charge is -2.02. The van der Waals surface area contributed by atoms with E-state index in [0.29, 0.717) is 5.56 Å². The average Bonchev–Trinajstić information content (AvgIpc) is 2.19. The van der Waals surface area contributed by atoms with Crippen LogP contribution in [0.25, 0.3) is 6.08 Å². The molecule has 0 saturated carbocycles. The zero-order valence-electron chi connectivity index (χ0n) is 9.02. The molecule has 16 heavy (non-hydrogen) atoms. The highest BCUT2D eigenvalue weighted by Gasteiger charge is 2.08. The summed E-state index contributed by atoms with van der Waals surface area (Å²) in [7, 11) is 0. The van der Waals surface area contributed by atoms with Gasteiger partial charge in [-0.25, -0.2) is 4.79 Å². The standard InChI is InChI=1S/C11H12N2O3/c1-7-3-4-9(6-12-7)5-10(11(15)16)13-8(2)14/h3-6H,1-2H3,(H,13,14)(H,15,16)/b10-5+. The van der Waals surface area contributed by atoms with Crippen LogP contribution in [0.3, 0.4) is 0 Å². The Morgan fingerprint density at radius 2 is 2.12 bits per heavy atom. The summed E-state index contributed by atoms with van der Waals surface area (Å²) in [6, 6.07) is 3.49. The molecular formula is C11H12N2O3. The molecule has 0 fully saturated rings. The van der Waals surface area contributed by atoms with Crippen molar-refractivity contribution in [1.29, 1.82) is 0 Å². The summed E-state index contributed by atoms with van der Waals surface area (Å²) in [5.74, 6) is -1.61. The highest BCUT2D eigenvalue weighted by atomic mass is 16.4. The molecule has 1 amide bonds. The molecule has 5 nitrogen and oxygen atoms in total. The highest BCUT2D eigenvalue weighted by Crippen LogP contribution is 2.05. The van der Waals surface area contributed by atoms with Crippen LogP contribution in [0.5, 0.6) is 0 Å². The van der Waals surface area contributed by atoms with E-state index >= 15 is 0 Å². The molecule has 0 aromatic carbocycles. The fraction of sp³-hybridized carbons (Fsp3) is 0.182. The Bertz CT molecular complexity index is 435. The molecule has 84 valence electrons. The topological polar surface area (TPSA) is 79.3 Å². The van der Waals surface area contributed by atoms with Crippen LogP contribution in [0.2, 0.25) is 0 Å². The van der Waals surface area contributed by atoms with Gasteiger partial charge in [-0.3, -0.25) is 9.78 Å². The molecule has 0 unspecified atom stereocenters. The van der Waals surface area contributed by atoms with Gasteiger partial charge in [0.2, 0.25) is 5.91 Å². The van der Waals surface area contributed by atoms with Gasteiger partial charge >= 0.3 is 5.97 Å². The third-order valence-corrected chi connectivity index (χ3v) is 1.79. The Balaban J connectivity index is 2.97. The zero-order valence-corrected chi connectivity index (χ0v) is 9.02. The van der Waals surface area contributed by atoms with Crippen molar-refractivity contribution < 1.29 is 14.7 Å². The first-order chi connectivity index (χ1) is 7.49. The molecule has 0 spiro atoms. The summed E-state index contributed by atoms with van der Waals surface area (Å²) >= 11 is 0. The summed E-state index contributed by atoms with van der Waals surface area (Å²) in [6.07, 6.45) is 2.90. The summed E-state index contributed by atoms with van der Waals surface area (Å²) < 4.78 is 0. The number of hydrogen-bond donors (Lipinski definition) is 2. The predicted molar refractivity (Wildman–Crippen MR) is 58.4 cm³/mol. The maximum absolute atomic E-state index is 10.8. The molecule has 0 bridgehead atoms. The first-order valence-electron chi connectivity index (χ1n) is 4.64. The Morgan fingerprint density at radius 1 is 1.44 bits per heavy atom. The third kappa shape index (κ3) is 3.53. The van der Waals surface area contributed by atoms with Crippen LogP contribution in [-0.4, -0.2) is 22.0 Å². The fourth-order valence-corrected chi connectivity index (χ4v) is 1.07. The van der Waals surface area contributed by atoms with Crippen molar-refractivity contribution in [1.82, 2.24) is 10.3 Å². The SMILES string of the molecule is CC(=O)N/C(=C/c1ccc(C)nc1)C(=O)O. The number of aromatic nitrogens is 1. The number of rotatable bonds is 3. The average molecular weight is 220 g/mol. The van der Waals surface area contributed by atoms with Crippen molar-refractivity contribution in [2.75, 3.05) is 0 Å². The van der Waals surface area contributed by atoms with Gasteiger partial charge in [0.15, 0.2) is 0 Å². The molecule has 1 heterocycles. The van der Waals surface area contributed by atoms with Crippen LogP contribution < -0.4 is 5.32 Å². The summed E-state index contributed by atoms with van der Waals surface area (Å²) in [4.78, 5) is 25.6. The van der Waals surface area contributed by atoms with E-state index in [4.69, 9.17) is 5.11 Å². The molecular weight excluding hydrogens is 208 g/mol. The van der Waals surface area contributed by atoms with Gasteiger partial charge in [-0.15, -0.1) is 0 Å². The lowest BCUT2D eigenvalue weighted by atomic mass is 10.2. The van der Waals surface area contributed by atoms with Crippen LogP contribution in [0, 0.1) is 6.92 Å². The number of nitrogens with zero attached hydrogens (tertiary/aromatic N) is 1. The quantitative estimate of drug-likeness (QED) is 0.743. The number of carboxylic acid groups (broad SMARTS) is 1. The molecule has 0 radical (unpaired) electrons. The minimum atomic E-state index is -1.18. The lowest BCUT2D eigenvalue weighted by Crippen LogP contribution is -2.24. The second-order valence-corrected chi connectivity index (χ2v) is 3.28. The number of carbonyl (C=O) groups excluding carboxylic acids is 1. The van der Waals surface area contributed by atoms with Crippen LogP contribution in [0.15, 0.2) is 24.0 Å². The Hall–Kier alpha value is -2.17. The number of carboxylic acids is 1. The molecule has 0 saturated heterocycles. The number of hydrogen-bond acceptors (Lipinski definition) is 3. The predicted octanol–water partition coefficient (Wildman–Crippen LogP) is 0.952. The Kier molecular flexibility index (Phi) is 3.77. The first-order valence-corrected chi connectivity index (χ1v) is 4.64. The van der Waals surface area contributed by atoms with E-state index in [-0.39, 0.29) is 5.70 Å². The van der Waals surface area contributed by atoms with Crippen molar-refractivity contribution in [2.45, 2.75) is 13.8 Å². The third-order valence-electron chi connectivity index (χ3n) is 1.79. The number of nitrogens with one attached hydrogen (secondary N) is 1. The van der Waals surface area contributed by atoms with Gasteiger partial charge in [0.25, 0.3) is 0 Å². The van der Waals surface area contributed by atoms with Crippen LogP contribution in [0.1, 0.15) is 18.2 Å².